The van der Waals surface area contributed by atoms with Crippen LogP contribution in [0.5, 0.6) is 0 Å². The minimum Gasteiger partial charge on any atom is -0.461 e. The van der Waals surface area contributed by atoms with Gasteiger partial charge in [0.25, 0.3) is 0 Å². The van der Waals surface area contributed by atoms with E-state index in [4.69, 9.17) is 4.74 Å². The third-order valence-electron chi connectivity index (χ3n) is 9.22. The molecule has 0 fully saturated rings. The molecular weight excluding hydrogens is 695 g/mol. The Morgan fingerprint density at radius 2 is 1.07 bits per heavy atom. The van der Waals surface area contributed by atoms with Crippen molar-refractivity contribution >= 4 is 11.9 Å². The number of carbonyl (C=O) groups excluding carboxylic acids is 2. The monoisotopic (exact) mass is 776 g/mol. The molecule has 0 spiro atoms. The third kappa shape index (κ3) is 37.4. The maximum Gasteiger partial charge on any atom is 0.306 e. The molecule has 1 amide bonds. The average Bonchev–Trinajstić information content (AvgIpc) is 3.19. The van der Waals surface area contributed by atoms with Crippen LogP contribution in [0.15, 0.2) is 109 Å². The van der Waals surface area contributed by atoms with E-state index in [1.807, 2.05) is 66.8 Å². The predicted molar refractivity (Wildman–Crippen MR) is 240 cm³/mol. The number of nitrogens with one attached hydrogen (secondary N) is 1. The standard InChI is InChI=1S/C50H81NO5/c1-4-7-10-13-16-19-21-23-24-26-27-30-32-35-38-41-46(56-50(55)43-40-37-34-31-28-25-22-20-17-14-11-8-5-2)44-49(54)51-47(45-52)48(53)42-39-36-33-29-18-15-12-9-6-3/h8,11,14,16-17,19-20,22-25,27-28,30-31,34-35,38,46-48,52-53H,4-7,9-10,12-13,15,18,21,26,29,32-33,36-37,39-45H2,1-3H3,(H,51,54)/b11-8+,17-14+,19-16-,22-20-,24-23-,28-25-,30-27-,34-31+,38-35-. The van der Waals surface area contributed by atoms with Crippen LogP contribution in [0.4, 0.5) is 0 Å². The Kier molecular flexibility index (Phi) is 40.0. The summed E-state index contributed by atoms with van der Waals surface area (Å²) < 4.78 is 5.79. The Hall–Kier alpha value is -3.48. The molecule has 6 heteroatoms. The van der Waals surface area contributed by atoms with Crippen molar-refractivity contribution in [2.45, 2.75) is 187 Å². The van der Waals surface area contributed by atoms with Crippen molar-refractivity contribution in [1.29, 1.82) is 0 Å². The summed E-state index contributed by atoms with van der Waals surface area (Å²) in [4.78, 5) is 25.9. The SMILES string of the molecule is CC/C=C/C=C/C=C\C=C/C=C/CCCC(=O)OC(C/C=C\C/C=C\C/C=C\C/C=C\CCCCC)CC(=O)NC(CO)C(O)CCCCCCCCCCC. The second kappa shape index (κ2) is 42.7. The summed E-state index contributed by atoms with van der Waals surface area (Å²) in [5.41, 5.74) is 0. The number of rotatable bonds is 37. The van der Waals surface area contributed by atoms with Crippen LogP contribution in [0.1, 0.15) is 168 Å². The molecule has 0 aromatic rings. The maximum atomic E-state index is 13.1. The van der Waals surface area contributed by atoms with Crippen molar-refractivity contribution in [3.8, 4) is 0 Å². The summed E-state index contributed by atoms with van der Waals surface area (Å²) in [5.74, 6) is -0.681. The summed E-state index contributed by atoms with van der Waals surface area (Å²) in [5, 5.41) is 23.5. The van der Waals surface area contributed by atoms with Gasteiger partial charge in [-0.05, 0) is 57.8 Å². The van der Waals surface area contributed by atoms with Crippen molar-refractivity contribution in [2.24, 2.45) is 0 Å². The zero-order valence-corrected chi connectivity index (χ0v) is 35.7. The number of allylic oxidation sites excluding steroid dienone is 17. The first-order valence-corrected chi connectivity index (χ1v) is 22.2. The minimum absolute atomic E-state index is 0.0344. The summed E-state index contributed by atoms with van der Waals surface area (Å²) in [7, 11) is 0. The van der Waals surface area contributed by atoms with Crippen molar-refractivity contribution in [3.63, 3.8) is 0 Å². The van der Waals surface area contributed by atoms with E-state index in [1.165, 1.54) is 57.8 Å². The number of aliphatic hydroxyl groups is 2. The molecule has 0 rings (SSSR count). The molecule has 6 nitrogen and oxygen atoms in total. The van der Waals surface area contributed by atoms with Gasteiger partial charge in [0.15, 0.2) is 0 Å². The molecule has 0 aromatic heterocycles. The number of amides is 1. The molecule has 0 heterocycles. The first-order chi connectivity index (χ1) is 27.5. The van der Waals surface area contributed by atoms with Gasteiger partial charge in [0.2, 0.25) is 5.91 Å². The highest BCUT2D eigenvalue weighted by atomic mass is 16.5. The Bertz CT molecular complexity index is 1190. The van der Waals surface area contributed by atoms with Crippen molar-refractivity contribution in [1.82, 2.24) is 5.32 Å². The molecular formula is C50H81NO5. The highest BCUT2D eigenvalue weighted by Crippen LogP contribution is 2.14. The van der Waals surface area contributed by atoms with Crippen LogP contribution < -0.4 is 5.32 Å². The normalized spacial score (nSPS) is 14.4. The van der Waals surface area contributed by atoms with Crippen LogP contribution in [0.3, 0.4) is 0 Å². The minimum atomic E-state index is -0.827. The number of hydrogen-bond donors (Lipinski definition) is 3. The lowest BCUT2D eigenvalue weighted by molar-refractivity contribution is -0.150. The first-order valence-electron chi connectivity index (χ1n) is 22.2. The molecule has 0 bridgehead atoms. The van der Waals surface area contributed by atoms with E-state index >= 15 is 0 Å². The lowest BCUT2D eigenvalue weighted by Gasteiger charge is -2.24. The summed E-state index contributed by atoms with van der Waals surface area (Å²) in [6.07, 6.45) is 57.4. The Morgan fingerprint density at radius 3 is 1.66 bits per heavy atom. The van der Waals surface area contributed by atoms with E-state index in [-0.39, 0.29) is 31.3 Å². The molecule has 3 unspecified atom stereocenters. The third-order valence-corrected chi connectivity index (χ3v) is 9.22. The number of ether oxygens (including phenoxy) is 1. The predicted octanol–water partition coefficient (Wildman–Crippen LogP) is 12.8. The highest BCUT2D eigenvalue weighted by Gasteiger charge is 2.23. The summed E-state index contributed by atoms with van der Waals surface area (Å²) in [6, 6.07) is -0.750. The molecule has 0 aromatic carbocycles. The molecule has 0 radical (unpaired) electrons. The fourth-order valence-corrected chi connectivity index (χ4v) is 5.85. The van der Waals surface area contributed by atoms with Crippen LogP contribution in [0, 0.1) is 0 Å². The zero-order chi connectivity index (χ0) is 41.0. The molecule has 0 aliphatic heterocycles. The molecule has 3 N–H and O–H groups in total. The quantitative estimate of drug-likeness (QED) is 0.0253. The molecule has 56 heavy (non-hydrogen) atoms. The van der Waals surface area contributed by atoms with Gasteiger partial charge in [-0.2, -0.15) is 0 Å². The van der Waals surface area contributed by atoms with Crippen molar-refractivity contribution in [2.75, 3.05) is 6.61 Å². The van der Waals surface area contributed by atoms with Gasteiger partial charge >= 0.3 is 5.97 Å². The van der Waals surface area contributed by atoms with Crippen LogP contribution >= 0.6 is 0 Å². The van der Waals surface area contributed by atoms with E-state index in [9.17, 15) is 19.8 Å². The van der Waals surface area contributed by atoms with Crippen LogP contribution in [0.2, 0.25) is 0 Å². The fourth-order valence-electron chi connectivity index (χ4n) is 5.85. The number of aliphatic hydroxyl groups excluding tert-OH is 2. The Balaban J connectivity index is 4.93. The van der Waals surface area contributed by atoms with E-state index in [0.29, 0.717) is 19.3 Å². The smallest absolute Gasteiger partial charge is 0.306 e. The molecule has 0 saturated heterocycles. The van der Waals surface area contributed by atoms with Gasteiger partial charge in [0.1, 0.15) is 6.10 Å². The van der Waals surface area contributed by atoms with Crippen LogP contribution in [-0.4, -0.2) is 46.9 Å². The molecule has 0 aliphatic carbocycles. The zero-order valence-electron chi connectivity index (χ0n) is 35.7. The molecule has 3 atom stereocenters. The van der Waals surface area contributed by atoms with Gasteiger partial charge in [-0.3, -0.25) is 9.59 Å². The maximum absolute atomic E-state index is 13.1. The van der Waals surface area contributed by atoms with Crippen LogP contribution in [-0.2, 0) is 14.3 Å². The van der Waals surface area contributed by atoms with E-state index in [0.717, 1.165) is 57.8 Å². The van der Waals surface area contributed by atoms with Gasteiger partial charge in [0, 0.05) is 12.8 Å². The van der Waals surface area contributed by atoms with Crippen molar-refractivity contribution in [3.05, 3.63) is 109 Å². The van der Waals surface area contributed by atoms with Gasteiger partial charge in [-0.1, -0.05) is 201 Å². The largest absolute Gasteiger partial charge is 0.461 e. The Labute approximate surface area is 343 Å². The average molecular weight is 776 g/mol. The second-order valence-corrected chi connectivity index (χ2v) is 14.5. The number of esters is 1. The number of hydrogen-bond acceptors (Lipinski definition) is 5. The van der Waals surface area contributed by atoms with E-state index in [2.05, 4.69) is 68.6 Å². The summed E-state index contributed by atoms with van der Waals surface area (Å²) >= 11 is 0. The lowest BCUT2D eigenvalue weighted by Crippen LogP contribution is -2.46. The lowest BCUT2D eigenvalue weighted by atomic mass is 10.0. The fraction of sp³-hybridized carbons (Fsp3) is 0.600. The molecule has 0 aliphatic rings. The second-order valence-electron chi connectivity index (χ2n) is 14.5. The molecule has 0 saturated carbocycles. The number of carbonyl (C=O) groups is 2. The van der Waals surface area contributed by atoms with Gasteiger partial charge in [-0.15, -0.1) is 0 Å². The Morgan fingerprint density at radius 1 is 0.571 bits per heavy atom. The molecule has 316 valence electrons. The van der Waals surface area contributed by atoms with E-state index < -0.39 is 18.2 Å². The van der Waals surface area contributed by atoms with Crippen molar-refractivity contribution < 1.29 is 24.5 Å². The summed E-state index contributed by atoms with van der Waals surface area (Å²) in [6.45, 7) is 6.21. The van der Waals surface area contributed by atoms with E-state index in [1.54, 1.807) is 0 Å². The highest BCUT2D eigenvalue weighted by molar-refractivity contribution is 5.77. The van der Waals surface area contributed by atoms with Gasteiger partial charge < -0.3 is 20.3 Å². The first kappa shape index (κ1) is 52.5. The van der Waals surface area contributed by atoms with Crippen LogP contribution in [0.25, 0.3) is 0 Å². The van der Waals surface area contributed by atoms with Gasteiger partial charge in [0.05, 0.1) is 25.2 Å². The topological polar surface area (TPSA) is 95.9 Å². The number of unbranched alkanes of at least 4 members (excludes halogenated alkanes) is 12. The van der Waals surface area contributed by atoms with Gasteiger partial charge in [-0.25, -0.2) is 0 Å².